The summed E-state index contributed by atoms with van der Waals surface area (Å²) < 4.78 is 0. The summed E-state index contributed by atoms with van der Waals surface area (Å²) in [7, 11) is 0. The maximum atomic E-state index is 4.85. The van der Waals surface area contributed by atoms with Gasteiger partial charge in [0.05, 0.1) is 11.0 Å². The molecule has 0 atom stereocenters. The van der Waals surface area contributed by atoms with E-state index in [-0.39, 0.29) is 5.41 Å². The van der Waals surface area contributed by atoms with Crippen molar-refractivity contribution in [2.24, 2.45) is 0 Å². The third kappa shape index (κ3) is 2.07. The molecule has 2 aromatic carbocycles. The summed E-state index contributed by atoms with van der Waals surface area (Å²) in [6, 6.07) is 13.2. The van der Waals surface area contributed by atoms with Crippen molar-refractivity contribution < 1.29 is 0 Å². The molecule has 1 heterocycles. The first-order valence-electron chi connectivity index (χ1n) is 7.17. The lowest BCUT2D eigenvalue weighted by atomic mass is 9.86. The summed E-state index contributed by atoms with van der Waals surface area (Å²) in [5.41, 5.74) is 6.33. The minimum absolute atomic E-state index is 0.161. The molecule has 0 saturated heterocycles. The molecule has 0 fully saturated rings. The third-order valence-corrected chi connectivity index (χ3v) is 4.20. The Morgan fingerprint density at radius 2 is 1.60 bits per heavy atom. The number of aromatic nitrogens is 1. The van der Waals surface area contributed by atoms with Gasteiger partial charge in [-0.3, -0.25) is 0 Å². The molecule has 0 N–H and O–H groups in total. The van der Waals surface area contributed by atoms with E-state index < -0.39 is 0 Å². The van der Waals surface area contributed by atoms with Gasteiger partial charge in [0, 0.05) is 10.8 Å². The normalized spacial score (nSPS) is 12.2. The van der Waals surface area contributed by atoms with Gasteiger partial charge < -0.3 is 0 Å². The number of nitrogens with zero attached hydrogens (tertiary/aromatic N) is 1. The minimum atomic E-state index is 0.161. The van der Waals surface area contributed by atoms with Crippen molar-refractivity contribution in [1.29, 1.82) is 0 Å². The van der Waals surface area contributed by atoms with Crippen molar-refractivity contribution in [1.82, 2.24) is 4.98 Å². The zero-order chi connectivity index (χ0) is 14.5. The Kier molecular flexibility index (Phi) is 2.82. The fourth-order valence-electron chi connectivity index (χ4n) is 2.62. The maximum absolute atomic E-state index is 4.85. The quantitative estimate of drug-likeness (QED) is 0.501. The average Bonchev–Trinajstić information content (AvgIpc) is 2.40. The highest BCUT2D eigenvalue weighted by molar-refractivity contribution is 5.95. The molecule has 1 aromatic heterocycles. The van der Waals surface area contributed by atoms with Crippen LogP contribution >= 0.6 is 0 Å². The number of hydrogen-bond donors (Lipinski definition) is 0. The van der Waals surface area contributed by atoms with Crippen LogP contribution in [0.25, 0.3) is 21.8 Å². The van der Waals surface area contributed by atoms with Gasteiger partial charge in [-0.05, 0) is 54.2 Å². The Labute approximate surface area is 120 Å². The molecule has 20 heavy (non-hydrogen) atoms. The molecule has 3 rings (SSSR count). The van der Waals surface area contributed by atoms with E-state index >= 15 is 0 Å². The van der Waals surface area contributed by atoms with Crippen LogP contribution in [0, 0.1) is 13.8 Å². The maximum Gasteiger partial charge on any atom is 0.0712 e. The topological polar surface area (TPSA) is 12.9 Å². The predicted octanol–water partition coefficient (Wildman–Crippen LogP) is 5.30. The number of rotatable bonds is 0. The molecule has 0 aliphatic carbocycles. The van der Waals surface area contributed by atoms with Crippen LogP contribution in [0.4, 0.5) is 0 Å². The summed E-state index contributed by atoms with van der Waals surface area (Å²) in [4.78, 5) is 4.85. The number of fused-ring (bicyclic) bond motifs is 2. The predicted molar refractivity (Wildman–Crippen MR) is 87.4 cm³/mol. The second-order valence-electron chi connectivity index (χ2n) is 6.72. The van der Waals surface area contributed by atoms with Gasteiger partial charge in [-0.15, -0.1) is 0 Å². The zero-order valence-corrected chi connectivity index (χ0v) is 12.9. The molecular formula is C19H21N. The summed E-state index contributed by atoms with van der Waals surface area (Å²) >= 11 is 0. The highest BCUT2D eigenvalue weighted by Gasteiger charge is 2.14. The van der Waals surface area contributed by atoms with Gasteiger partial charge in [0.25, 0.3) is 0 Å². The Hall–Kier alpha value is -1.89. The largest absolute Gasteiger partial charge is 0.248 e. The molecule has 0 saturated carbocycles. The molecule has 0 spiro atoms. The van der Waals surface area contributed by atoms with Gasteiger partial charge in [0.2, 0.25) is 0 Å². The molecule has 1 heteroatoms. The fraction of sp³-hybridized carbons (Fsp3) is 0.316. The fourth-order valence-corrected chi connectivity index (χ4v) is 2.62. The van der Waals surface area contributed by atoms with E-state index in [1.807, 2.05) is 0 Å². The Balaban J connectivity index is 2.33. The van der Waals surface area contributed by atoms with E-state index in [0.29, 0.717) is 0 Å². The molecule has 102 valence electrons. The SMILES string of the molecule is Cc1ccc2nc3cc(C(C)(C)C)ccc3cc2c1C. The van der Waals surface area contributed by atoms with E-state index in [1.54, 1.807) is 0 Å². The van der Waals surface area contributed by atoms with Crippen LogP contribution in [0.2, 0.25) is 0 Å². The first-order valence-corrected chi connectivity index (χ1v) is 7.17. The van der Waals surface area contributed by atoms with E-state index in [1.165, 1.54) is 27.5 Å². The zero-order valence-electron chi connectivity index (χ0n) is 12.9. The lowest BCUT2D eigenvalue weighted by Gasteiger charge is -2.19. The van der Waals surface area contributed by atoms with E-state index in [4.69, 9.17) is 4.98 Å². The number of aryl methyl sites for hydroxylation is 2. The molecule has 0 aliphatic rings. The molecule has 0 radical (unpaired) electrons. The molecule has 3 aromatic rings. The van der Waals surface area contributed by atoms with Gasteiger partial charge in [-0.25, -0.2) is 4.98 Å². The number of pyridine rings is 1. The van der Waals surface area contributed by atoms with Crippen molar-refractivity contribution in [2.75, 3.05) is 0 Å². The Bertz CT molecular complexity index is 807. The van der Waals surface area contributed by atoms with Gasteiger partial charge in [-0.2, -0.15) is 0 Å². The minimum Gasteiger partial charge on any atom is -0.248 e. The van der Waals surface area contributed by atoms with Crippen molar-refractivity contribution in [3.63, 3.8) is 0 Å². The van der Waals surface area contributed by atoms with Gasteiger partial charge in [0.15, 0.2) is 0 Å². The number of benzene rings is 2. The van der Waals surface area contributed by atoms with Crippen LogP contribution in [-0.4, -0.2) is 4.98 Å². The summed E-state index contributed by atoms with van der Waals surface area (Å²) in [6.45, 7) is 11.0. The van der Waals surface area contributed by atoms with E-state index in [0.717, 1.165) is 11.0 Å². The standard InChI is InChI=1S/C19H21N/c1-12-6-9-17-16(13(12)2)10-14-7-8-15(19(3,4)5)11-18(14)20-17/h6-11H,1-5H3. The lowest BCUT2D eigenvalue weighted by molar-refractivity contribution is 0.591. The molecule has 1 nitrogen and oxygen atoms in total. The first-order chi connectivity index (χ1) is 9.36. The van der Waals surface area contributed by atoms with Crippen molar-refractivity contribution in [3.05, 3.63) is 53.1 Å². The Morgan fingerprint density at radius 3 is 2.30 bits per heavy atom. The molecule has 0 bridgehead atoms. The van der Waals surface area contributed by atoms with Crippen molar-refractivity contribution >= 4 is 21.8 Å². The Morgan fingerprint density at radius 1 is 0.850 bits per heavy atom. The molecule has 0 aliphatic heterocycles. The van der Waals surface area contributed by atoms with Gasteiger partial charge >= 0.3 is 0 Å². The summed E-state index contributed by atoms with van der Waals surface area (Å²) in [6.07, 6.45) is 0. The van der Waals surface area contributed by atoms with Crippen LogP contribution in [0.3, 0.4) is 0 Å². The lowest BCUT2D eigenvalue weighted by Crippen LogP contribution is -2.10. The van der Waals surface area contributed by atoms with Crippen LogP contribution in [0.5, 0.6) is 0 Å². The second-order valence-corrected chi connectivity index (χ2v) is 6.72. The number of hydrogen-bond acceptors (Lipinski definition) is 1. The van der Waals surface area contributed by atoms with Crippen LogP contribution in [0.15, 0.2) is 36.4 Å². The summed E-state index contributed by atoms with van der Waals surface area (Å²) in [5, 5.41) is 2.49. The van der Waals surface area contributed by atoms with Crippen molar-refractivity contribution in [2.45, 2.75) is 40.0 Å². The van der Waals surface area contributed by atoms with Crippen molar-refractivity contribution in [3.8, 4) is 0 Å². The van der Waals surface area contributed by atoms with E-state index in [2.05, 4.69) is 71.0 Å². The van der Waals surface area contributed by atoms with Gasteiger partial charge in [0.1, 0.15) is 0 Å². The molecule has 0 unspecified atom stereocenters. The smallest absolute Gasteiger partial charge is 0.0712 e. The average molecular weight is 263 g/mol. The molecule has 0 amide bonds. The third-order valence-electron chi connectivity index (χ3n) is 4.20. The van der Waals surface area contributed by atoms with Gasteiger partial charge in [-0.1, -0.05) is 39.0 Å². The van der Waals surface area contributed by atoms with Crippen LogP contribution in [0.1, 0.15) is 37.5 Å². The first kappa shape index (κ1) is 13.1. The molecular weight excluding hydrogens is 242 g/mol. The van der Waals surface area contributed by atoms with E-state index in [9.17, 15) is 0 Å². The highest BCUT2D eigenvalue weighted by Crippen LogP contribution is 2.28. The van der Waals surface area contributed by atoms with Crippen LogP contribution in [-0.2, 0) is 5.41 Å². The van der Waals surface area contributed by atoms with Crippen LogP contribution < -0.4 is 0 Å². The summed E-state index contributed by atoms with van der Waals surface area (Å²) in [5.74, 6) is 0. The highest BCUT2D eigenvalue weighted by atomic mass is 14.7. The monoisotopic (exact) mass is 263 g/mol. The second kappa shape index (κ2) is 4.31.